The molecule has 3 heteroatoms. The Bertz CT molecular complexity index is 299. The van der Waals surface area contributed by atoms with Gasteiger partial charge in [-0.15, -0.1) is 11.8 Å². The normalized spacial score (nSPS) is 12.9. The van der Waals surface area contributed by atoms with Crippen molar-refractivity contribution in [2.45, 2.75) is 31.2 Å². The largest absolute Gasteiger partial charge is 0.324 e. The van der Waals surface area contributed by atoms with Gasteiger partial charge in [-0.1, -0.05) is 6.92 Å². The molecule has 2 N–H and O–H groups in total. The first-order valence-electron chi connectivity index (χ1n) is 4.83. The fourth-order valence-corrected chi connectivity index (χ4v) is 2.22. The van der Waals surface area contributed by atoms with Gasteiger partial charge in [0.1, 0.15) is 5.82 Å². The SMILES string of the molecule is CCCSc1ccc(F)cc1C(C)N. The Morgan fingerprint density at radius 1 is 1.50 bits per heavy atom. The molecule has 1 unspecified atom stereocenters. The van der Waals surface area contributed by atoms with Crippen LogP contribution < -0.4 is 5.73 Å². The van der Waals surface area contributed by atoms with Gasteiger partial charge in [0, 0.05) is 10.9 Å². The molecule has 0 aliphatic heterocycles. The van der Waals surface area contributed by atoms with Crippen molar-refractivity contribution in [3.05, 3.63) is 29.6 Å². The van der Waals surface area contributed by atoms with Crippen LogP contribution >= 0.6 is 11.8 Å². The molecule has 0 bridgehead atoms. The van der Waals surface area contributed by atoms with Crippen molar-refractivity contribution in [2.24, 2.45) is 5.73 Å². The first-order chi connectivity index (χ1) is 6.65. The molecule has 1 nitrogen and oxygen atoms in total. The van der Waals surface area contributed by atoms with Crippen LogP contribution in [-0.2, 0) is 0 Å². The smallest absolute Gasteiger partial charge is 0.123 e. The van der Waals surface area contributed by atoms with Crippen LogP contribution in [0.3, 0.4) is 0 Å². The summed E-state index contributed by atoms with van der Waals surface area (Å²) in [6, 6.07) is 4.73. The quantitative estimate of drug-likeness (QED) is 0.776. The number of halogens is 1. The summed E-state index contributed by atoms with van der Waals surface area (Å²) in [6.45, 7) is 4.01. The van der Waals surface area contributed by atoms with Gasteiger partial charge in [0.2, 0.25) is 0 Å². The molecule has 78 valence electrons. The van der Waals surface area contributed by atoms with Gasteiger partial charge in [-0.3, -0.25) is 0 Å². The minimum atomic E-state index is -0.210. The van der Waals surface area contributed by atoms with Gasteiger partial charge in [-0.05, 0) is 42.9 Å². The van der Waals surface area contributed by atoms with Crippen LogP contribution in [-0.4, -0.2) is 5.75 Å². The molecule has 0 heterocycles. The second kappa shape index (κ2) is 5.37. The highest BCUT2D eigenvalue weighted by Gasteiger charge is 2.08. The molecule has 0 spiro atoms. The molecule has 0 aromatic heterocycles. The van der Waals surface area contributed by atoms with E-state index in [-0.39, 0.29) is 11.9 Å². The predicted molar refractivity (Wildman–Crippen MR) is 60.0 cm³/mol. The summed E-state index contributed by atoms with van der Waals surface area (Å²) in [5, 5.41) is 0. The Hall–Kier alpha value is -0.540. The van der Waals surface area contributed by atoms with Gasteiger partial charge in [0.15, 0.2) is 0 Å². The third-order valence-corrected chi connectivity index (χ3v) is 3.22. The molecule has 1 aromatic rings. The maximum atomic E-state index is 13.0. The van der Waals surface area contributed by atoms with Crippen molar-refractivity contribution in [3.63, 3.8) is 0 Å². The first kappa shape index (κ1) is 11.5. The average molecular weight is 213 g/mol. The lowest BCUT2D eigenvalue weighted by atomic mass is 10.1. The monoisotopic (exact) mass is 213 g/mol. The van der Waals surface area contributed by atoms with Gasteiger partial charge >= 0.3 is 0 Å². The van der Waals surface area contributed by atoms with E-state index in [1.807, 2.05) is 13.0 Å². The van der Waals surface area contributed by atoms with E-state index < -0.39 is 0 Å². The first-order valence-corrected chi connectivity index (χ1v) is 5.81. The minimum Gasteiger partial charge on any atom is -0.324 e. The summed E-state index contributed by atoms with van der Waals surface area (Å²) in [4.78, 5) is 1.10. The zero-order valence-electron chi connectivity index (χ0n) is 8.59. The summed E-state index contributed by atoms with van der Waals surface area (Å²) in [5.41, 5.74) is 6.68. The number of thioether (sulfide) groups is 1. The van der Waals surface area contributed by atoms with E-state index in [1.54, 1.807) is 11.8 Å². The van der Waals surface area contributed by atoms with E-state index in [0.717, 1.165) is 22.6 Å². The van der Waals surface area contributed by atoms with Gasteiger partial charge < -0.3 is 5.73 Å². The van der Waals surface area contributed by atoms with Crippen LogP contribution in [0.2, 0.25) is 0 Å². The number of rotatable bonds is 4. The molecule has 0 aliphatic rings. The lowest BCUT2D eigenvalue weighted by Crippen LogP contribution is -2.07. The summed E-state index contributed by atoms with van der Waals surface area (Å²) >= 11 is 1.74. The Balaban J connectivity index is 2.90. The van der Waals surface area contributed by atoms with Crippen molar-refractivity contribution in [3.8, 4) is 0 Å². The molecule has 0 saturated heterocycles. The van der Waals surface area contributed by atoms with Crippen molar-refractivity contribution < 1.29 is 4.39 Å². The standard InChI is InChI=1S/C11H16FNS/c1-3-6-14-11-5-4-9(12)7-10(11)8(2)13/h4-5,7-8H,3,6,13H2,1-2H3. The van der Waals surface area contributed by atoms with Gasteiger partial charge in [-0.25, -0.2) is 4.39 Å². The molecule has 1 aromatic carbocycles. The van der Waals surface area contributed by atoms with Crippen molar-refractivity contribution in [1.29, 1.82) is 0 Å². The molecule has 14 heavy (non-hydrogen) atoms. The third kappa shape index (κ3) is 3.00. The zero-order chi connectivity index (χ0) is 10.6. The topological polar surface area (TPSA) is 26.0 Å². The minimum absolute atomic E-state index is 0.106. The van der Waals surface area contributed by atoms with Gasteiger partial charge in [-0.2, -0.15) is 0 Å². The van der Waals surface area contributed by atoms with E-state index in [9.17, 15) is 4.39 Å². The van der Waals surface area contributed by atoms with E-state index in [4.69, 9.17) is 5.73 Å². The van der Waals surface area contributed by atoms with Crippen LogP contribution in [0.4, 0.5) is 4.39 Å². The van der Waals surface area contributed by atoms with E-state index in [2.05, 4.69) is 6.92 Å². The fraction of sp³-hybridized carbons (Fsp3) is 0.455. The van der Waals surface area contributed by atoms with Crippen molar-refractivity contribution in [2.75, 3.05) is 5.75 Å². The molecule has 0 amide bonds. The van der Waals surface area contributed by atoms with Crippen molar-refractivity contribution >= 4 is 11.8 Å². The average Bonchev–Trinajstić information content (AvgIpc) is 2.15. The highest BCUT2D eigenvalue weighted by atomic mass is 32.2. The molecular weight excluding hydrogens is 197 g/mol. The predicted octanol–water partition coefficient (Wildman–Crippen LogP) is 3.35. The number of hydrogen-bond acceptors (Lipinski definition) is 2. The summed E-state index contributed by atoms with van der Waals surface area (Å²) in [6.07, 6.45) is 1.11. The van der Waals surface area contributed by atoms with E-state index in [1.165, 1.54) is 12.1 Å². The van der Waals surface area contributed by atoms with E-state index >= 15 is 0 Å². The number of benzene rings is 1. The molecule has 0 fully saturated rings. The van der Waals surface area contributed by atoms with Gasteiger partial charge in [0.25, 0.3) is 0 Å². The maximum absolute atomic E-state index is 13.0. The fourth-order valence-electron chi connectivity index (χ4n) is 1.22. The Labute approximate surface area is 88.9 Å². The second-order valence-electron chi connectivity index (χ2n) is 3.32. The lowest BCUT2D eigenvalue weighted by Gasteiger charge is -2.11. The Morgan fingerprint density at radius 2 is 2.21 bits per heavy atom. The molecule has 0 aliphatic carbocycles. The highest BCUT2D eigenvalue weighted by Crippen LogP contribution is 2.27. The molecule has 1 rings (SSSR count). The van der Waals surface area contributed by atoms with Crippen LogP contribution in [0.25, 0.3) is 0 Å². The van der Waals surface area contributed by atoms with Crippen molar-refractivity contribution in [1.82, 2.24) is 0 Å². The van der Waals surface area contributed by atoms with Crippen LogP contribution in [0.15, 0.2) is 23.1 Å². The summed E-state index contributed by atoms with van der Waals surface area (Å²) < 4.78 is 13.0. The Morgan fingerprint density at radius 3 is 2.79 bits per heavy atom. The number of hydrogen-bond donors (Lipinski definition) is 1. The third-order valence-electron chi connectivity index (χ3n) is 1.92. The Kier molecular flexibility index (Phi) is 4.42. The number of nitrogens with two attached hydrogens (primary N) is 1. The zero-order valence-corrected chi connectivity index (χ0v) is 9.40. The lowest BCUT2D eigenvalue weighted by molar-refractivity contribution is 0.619. The van der Waals surface area contributed by atoms with Crippen LogP contribution in [0.1, 0.15) is 31.9 Å². The van der Waals surface area contributed by atoms with E-state index in [0.29, 0.717) is 0 Å². The molecule has 1 atom stereocenters. The summed E-state index contributed by atoms with van der Waals surface area (Å²) in [7, 11) is 0. The summed E-state index contributed by atoms with van der Waals surface area (Å²) in [5.74, 6) is 0.837. The molecular formula is C11H16FNS. The molecule has 0 radical (unpaired) electrons. The highest BCUT2D eigenvalue weighted by molar-refractivity contribution is 7.99. The maximum Gasteiger partial charge on any atom is 0.123 e. The van der Waals surface area contributed by atoms with Gasteiger partial charge in [0.05, 0.1) is 0 Å². The van der Waals surface area contributed by atoms with Crippen LogP contribution in [0, 0.1) is 5.82 Å². The molecule has 0 saturated carbocycles. The second-order valence-corrected chi connectivity index (χ2v) is 4.46. The van der Waals surface area contributed by atoms with Crippen LogP contribution in [0.5, 0.6) is 0 Å².